The minimum Gasteiger partial charge on any atom is -0.493 e. The first-order valence-electron chi connectivity index (χ1n) is 7.90. The SMILES string of the molecule is COc1cc(S(=O)(=O)/C(F)=C/c2cccc3[nH]ccc23)cc(OC)c1OC. The summed E-state index contributed by atoms with van der Waals surface area (Å²) in [5, 5.41) is -0.571. The molecule has 0 aliphatic carbocycles. The molecule has 0 amide bonds. The number of hydrogen-bond donors (Lipinski definition) is 1. The Hall–Kier alpha value is -3.00. The van der Waals surface area contributed by atoms with E-state index in [1.54, 1.807) is 24.4 Å². The van der Waals surface area contributed by atoms with Gasteiger partial charge in [0.15, 0.2) is 11.5 Å². The molecule has 1 heterocycles. The van der Waals surface area contributed by atoms with E-state index in [9.17, 15) is 12.8 Å². The lowest BCUT2D eigenvalue weighted by Crippen LogP contribution is -2.04. The summed E-state index contributed by atoms with van der Waals surface area (Å²) in [4.78, 5) is 2.70. The number of benzene rings is 2. The summed E-state index contributed by atoms with van der Waals surface area (Å²) in [6.07, 6.45) is 2.70. The third-order valence-electron chi connectivity index (χ3n) is 4.10. The lowest BCUT2D eigenvalue weighted by atomic mass is 10.1. The van der Waals surface area contributed by atoms with Crippen molar-refractivity contribution in [1.29, 1.82) is 0 Å². The Labute approximate surface area is 156 Å². The normalized spacial score (nSPS) is 12.2. The number of ether oxygens (including phenoxy) is 3. The first-order chi connectivity index (χ1) is 12.9. The van der Waals surface area contributed by atoms with Gasteiger partial charge in [-0.2, -0.15) is 4.39 Å². The minimum absolute atomic E-state index is 0.121. The van der Waals surface area contributed by atoms with Gasteiger partial charge in [0.25, 0.3) is 0 Å². The highest BCUT2D eigenvalue weighted by Crippen LogP contribution is 2.40. The Balaban J connectivity index is 2.12. The van der Waals surface area contributed by atoms with Crippen LogP contribution in [-0.2, 0) is 9.84 Å². The summed E-state index contributed by atoms with van der Waals surface area (Å²) in [5.41, 5.74) is 1.23. The largest absolute Gasteiger partial charge is 0.493 e. The molecule has 2 aromatic carbocycles. The molecule has 0 saturated carbocycles. The highest BCUT2D eigenvalue weighted by atomic mass is 32.2. The number of aromatic amines is 1. The van der Waals surface area contributed by atoms with E-state index in [1.165, 1.54) is 33.5 Å². The summed E-state index contributed by atoms with van der Waals surface area (Å²) in [7, 11) is -0.308. The average molecular weight is 391 g/mol. The Morgan fingerprint density at radius 1 is 1.04 bits per heavy atom. The molecule has 3 rings (SSSR count). The number of halogens is 1. The molecule has 0 fully saturated rings. The van der Waals surface area contributed by atoms with E-state index >= 15 is 0 Å². The van der Waals surface area contributed by atoms with Crippen molar-refractivity contribution >= 4 is 26.8 Å². The van der Waals surface area contributed by atoms with Crippen LogP contribution in [0.25, 0.3) is 17.0 Å². The Morgan fingerprint density at radius 3 is 2.30 bits per heavy atom. The maximum Gasteiger partial charge on any atom is 0.233 e. The molecule has 0 unspecified atom stereocenters. The van der Waals surface area contributed by atoms with Gasteiger partial charge in [-0.1, -0.05) is 12.1 Å². The van der Waals surface area contributed by atoms with Gasteiger partial charge >= 0.3 is 0 Å². The van der Waals surface area contributed by atoms with E-state index in [0.29, 0.717) is 10.9 Å². The standard InChI is InChI=1S/C19H18FNO5S/c1-24-16-10-13(11-17(25-2)19(16)26-3)27(22,23)18(20)9-12-5-4-6-15-14(12)7-8-21-15/h4-11,21H,1-3H3/b18-9+. The van der Waals surface area contributed by atoms with E-state index in [4.69, 9.17) is 14.2 Å². The summed E-state index contributed by atoms with van der Waals surface area (Å²) in [5.74, 6) is 0.465. The number of fused-ring (bicyclic) bond motifs is 1. The predicted molar refractivity (Wildman–Crippen MR) is 101 cm³/mol. The Morgan fingerprint density at radius 2 is 1.70 bits per heavy atom. The third-order valence-corrected chi connectivity index (χ3v) is 5.59. The third kappa shape index (κ3) is 3.35. The molecule has 27 heavy (non-hydrogen) atoms. The van der Waals surface area contributed by atoms with Crippen LogP contribution < -0.4 is 14.2 Å². The monoisotopic (exact) mass is 391 g/mol. The van der Waals surface area contributed by atoms with Gasteiger partial charge in [-0.3, -0.25) is 0 Å². The molecule has 0 atom stereocenters. The van der Waals surface area contributed by atoms with Crippen LogP contribution in [0.5, 0.6) is 17.2 Å². The predicted octanol–water partition coefficient (Wildman–Crippen LogP) is 3.94. The van der Waals surface area contributed by atoms with Crippen LogP contribution in [0.4, 0.5) is 4.39 Å². The molecule has 0 radical (unpaired) electrons. The lowest BCUT2D eigenvalue weighted by molar-refractivity contribution is 0.323. The van der Waals surface area contributed by atoms with Crippen LogP contribution in [0.3, 0.4) is 0 Å². The van der Waals surface area contributed by atoms with Gasteiger partial charge in [0.2, 0.25) is 20.7 Å². The maximum atomic E-state index is 14.8. The van der Waals surface area contributed by atoms with Crippen molar-refractivity contribution in [3.63, 3.8) is 0 Å². The molecule has 0 aliphatic heterocycles. The van der Waals surface area contributed by atoms with Crippen LogP contribution in [-0.4, -0.2) is 34.7 Å². The molecule has 1 N–H and O–H groups in total. The maximum absolute atomic E-state index is 14.8. The second kappa shape index (κ2) is 7.32. The van der Waals surface area contributed by atoms with Crippen molar-refractivity contribution in [1.82, 2.24) is 4.98 Å². The molecule has 0 bridgehead atoms. The molecule has 0 saturated heterocycles. The van der Waals surface area contributed by atoms with Gasteiger partial charge < -0.3 is 19.2 Å². The molecular formula is C19H18FNO5S. The number of aromatic nitrogens is 1. The first-order valence-corrected chi connectivity index (χ1v) is 9.39. The van der Waals surface area contributed by atoms with E-state index in [0.717, 1.165) is 11.6 Å². The van der Waals surface area contributed by atoms with Crippen molar-refractivity contribution in [3.8, 4) is 17.2 Å². The number of methoxy groups -OCH3 is 3. The summed E-state index contributed by atoms with van der Waals surface area (Å²) in [6.45, 7) is 0. The van der Waals surface area contributed by atoms with Crippen LogP contribution in [0, 0.1) is 0 Å². The second-order valence-electron chi connectivity index (χ2n) is 5.60. The van der Waals surface area contributed by atoms with Crippen LogP contribution in [0.2, 0.25) is 0 Å². The van der Waals surface area contributed by atoms with Gasteiger partial charge in [-0.15, -0.1) is 0 Å². The molecule has 0 aliphatic rings. The van der Waals surface area contributed by atoms with Crippen LogP contribution >= 0.6 is 0 Å². The van der Waals surface area contributed by atoms with E-state index < -0.39 is 15.0 Å². The second-order valence-corrected chi connectivity index (χ2v) is 7.47. The van der Waals surface area contributed by atoms with Gasteiger partial charge in [0.1, 0.15) is 0 Å². The molecule has 8 heteroatoms. The summed E-state index contributed by atoms with van der Waals surface area (Å²) in [6, 6.07) is 9.31. The zero-order chi connectivity index (χ0) is 19.6. The lowest BCUT2D eigenvalue weighted by Gasteiger charge is -2.14. The van der Waals surface area contributed by atoms with Crippen LogP contribution in [0.1, 0.15) is 5.56 Å². The van der Waals surface area contributed by atoms with Gasteiger partial charge in [-0.25, -0.2) is 8.42 Å². The smallest absolute Gasteiger partial charge is 0.233 e. The molecule has 142 valence electrons. The highest BCUT2D eigenvalue weighted by Gasteiger charge is 2.25. The van der Waals surface area contributed by atoms with Gasteiger partial charge in [0, 0.05) is 29.2 Å². The fraction of sp³-hybridized carbons (Fsp3) is 0.158. The Kier molecular flexibility index (Phi) is 5.09. The van der Waals surface area contributed by atoms with Crippen molar-refractivity contribution < 1.29 is 27.0 Å². The Bertz CT molecular complexity index is 1090. The fourth-order valence-electron chi connectivity index (χ4n) is 2.76. The minimum atomic E-state index is -4.41. The van der Waals surface area contributed by atoms with Crippen molar-refractivity contribution in [2.75, 3.05) is 21.3 Å². The zero-order valence-corrected chi connectivity index (χ0v) is 15.8. The van der Waals surface area contributed by atoms with E-state index in [-0.39, 0.29) is 22.1 Å². The molecule has 3 aromatic rings. The zero-order valence-electron chi connectivity index (χ0n) is 14.9. The summed E-state index contributed by atoms with van der Waals surface area (Å²) >= 11 is 0. The van der Waals surface area contributed by atoms with Gasteiger partial charge in [0.05, 0.1) is 26.2 Å². The quantitative estimate of drug-likeness (QED) is 0.689. The number of H-pyrrole nitrogens is 1. The number of sulfone groups is 1. The molecular weight excluding hydrogens is 373 g/mol. The van der Waals surface area contributed by atoms with E-state index in [1.807, 2.05) is 6.07 Å². The number of rotatable bonds is 6. The first kappa shape index (κ1) is 18.8. The highest BCUT2D eigenvalue weighted by molar-refractivity contribution is 7.95. The molecule has 1 aromatic heterocycles. The van der Waals surface area contributed by atoms with Crippen molar-refractivity contribution in [2.24, 2.45) is 0 Å². The van der Waals surface area contributed by atoms with Gasteiger partial charge in [-0.05, 0) is 23.8 Å². The van der Waals surface area contributed by atoms with Crippen molar-refractivity contribution in [3.05, 3.63) is 53.3 Å². The number of nitrogens with one attached hydrogen (secondary N) is 1. The fourth-order valence-corrected chi connectivity index (χ4v) is 3.79. The number of hydrogen-bond acceptors (Lipinski definition) is 5. The molecule has 0 spiro atoms. The molecule has 6 nitrogen and oxygen atoms in total. The van der Waals surface area contributed by atoms with E-state index in [2.05, 4.69) is 4.98 Å². The summed E-state index contributed by atoms with van der Waals surface area (Å²) < 4.78 is 55.7. The topological polar surface area (TPSA) is 77.6 Å². The average Bonchev–Trinajstić information content (AvgIpc) is 3.16. The van der Waals surface area contributed by atoms with Crippen LogP contribution in [0.15, 0.2) is 52.6 Å². The van der Waals surface area contributed by atoms with Crippen molar-refractivity contribution in [2.45, 2.75) is 4.90 Å².